The topological polar surface area (TPSA) is 73.6 Å². The summed E-state index contributed by atoms with van der Waals surface area (Å²) in [5.74, 6) is 1.79. The van der Waals surface area contributed by atoms with Crippen molar-refractivity contribution >= 4 is 18.3 Å². The fraction of sp³-hybridized carbons (Fsp3) is 0.650. The molecule has 0 spiro atoms. The van der Waals surface area contributed by atoms with E-state index in [1.165, 1.54) is 0 Å². The Hall–Kier alpha value is -1.46. The summed E-state index contributed by atoms with van der Waals surface area (Å²) in [6.45, 7) is 6.81. The zero-order chi connectivity index (χ0) is 18.4. The number of hydrogen-bond acceptors (Lipinski definition) is 4. The molecule has 0 radical (unpaired) electrons. The maximum Gasteiger partial charge on any atom is 0.240 e. The minimum Gasteiger partial charge on any atom is -0.493 e. The number of carbonyl (C=O) groups is 1. The van der Waals surface area contributed by atoms with Crippen LogP contribution in [0.15, 0.2) is 18.2 Å². The number of hydrogen-bond donors (Lipinski definition) is 2. The molecule has 1 amide bonds. The Morgan fingerprint density at radius 1 is 1.19 bits per heavy atom. The Bertz CT molecular complexity index is 586. The van der Waals surface area contributed by atoms with Gasteiger partial charge < -0.3 is 20.5 Å². The van der Waals surface area contributed by atoms with Gasteiger partial charge >= 0.3 is 0 Å². The molecule has 1 aromatic carbocycles. The number of benzene rings is 1. The third kappa shape index (κ3) is 5.78. The number of ether oxygens (including phenoxy) is 2. The lowest BCUT2D eigenvalue weighted by atomic mass is 9.81. The van der Waals surface area contributed by atoms with Crippen LogP contribution < -0.4 is 20.5 Å². The molecule has 1 unspecified atom stereocenters. The Labute approximate surface area is 163 Å². The highest BCUT2D eigenvalue weighted by Crippen LogP contribution is 2.31. The first-order valence-electron chi connectivity index (χ1n) is 9.26. The molecule has 0 bridgehead atoms. The van der Waals surface area contributed by atoms with Gasteiger partial charge in [-0.2, -0.15) is 0 Å². The van der Waals surface area contributed by atoms with Crippen LogP contribution in [0.25, 0.3) is 0 Å². The summed E-state index contributed by atoms with van der Waals surface area (Å²) in [6.07, 6.45) is 4.73. The van der Waals surface area contributed by atoms with Crippen molar-refractivity contribution in [2.24, 2.45) is 11.7 Å². The van der Waals surface area contributed by atoms with Gasteiger partial charge in [-0.3, -0.25) is 4.79 Å². The van der Waals surface area contributed by atoms with E-state index < -0.39 is 5.54 Å². The lowest BCUT2D eigenvalue weighted by Gasteiger charge is -2.33. The normalized spacial score (nSPS) is 17.2. The van der Waals surface area contributed by atoms with Gasteiger partial charge in [-0.15, -0.1) is 12.4 Å². The van der Waals surface area contributed by atoms with Crippen molar-refractivity contribution in [1.29, 1.82) is 0 Å². The first kappa shape index (κ1) is 22.6. The molecule has 1 aliphatic rings. The minimum absolute atomic E-state index is 0. The molecule has 1 aromatic rings. The molecule has 0 heterocycles. The zero-order valence-corrected chi connectivity index (χ0v) is 17.2. The van der Waals surface area contributed by atoms with E-state index in [1.807, 2.05) is 25.1 Å². The van der Waals surface area contributed by atoms with Crippen LogP contribution in [0.4, 0.5) is 0 Å². The van der Waals surface area contributed by atoms with E-state index in [4.69, 9.17) is 15.2 Å². The van der Waals surface area contributed by atoms with Crippen LogP contribution in [0.1, 0.15) is 64.5 Å². The third-order valence-electron chi connectivity index (χ3n) is 4.81. The average Bonchev–Trinajstić information content (AvgIpc) is 2.60. The second-order valence-electron chi connectivity index (χ2n) is 7.53. The standard InChI is InChI=1S/C20H32N2O3.ClH/c1-14(2)13-25-17-9-8-16(12-18(17)24-4)15(3)22-19(23)20(21)10-6-5-7-11-20;/h8-9,12,14-15H,5-7,10-11,13,21H2,1-4H3,(H,22,23);1H. The first-order valence-corrected chi connectivity index (χ1v) is 9.26. The second-order valence-corrected chi connectivity index (χ2v) is 7.53. The van der Waals surface area contributed by atoms with Crippen LogP contribution in [0.5, 0.6) is 11.5 Å². The van der Waals surface area contributed by atoms with E-state index in [0.29, 0.717) is 18.3 Å². The number of nitrogens with two attached hydrogens (primary N) is 1. The van der Waals surface area contributed by atoms with Crippen LogP contribution in [-0.2, 0) is 4.79 Å². The number of amides is 1. The maximum absolute atomic E-state index is 12.6. The lowest BCUT2D eigenvalue weighted by molar-refractivity contribution is -0.128. The molecule has 1 saturated carbocycles. The molecule has 148 valence electrons. The van der Waals surface area contributed by atoms with Gasteiger partial charge in [-0.25, -0.2) is 0 Å². The van der Waals surface area contributed by atoms with E-state index in [0.717, 1.165) is 43.4 Å². The van der Waals surface area contributed by atoms with Crippen molar-refractivity contribution < 1.29 is 14.3 Å². The lowest BCUT2D eigenvalue weighted by Crippen LogP contribution is -2.55. The predicted molar refractivity (Wildman–Crippen MR) is 107 cm³/mol. The predicted octanol–water partition coefficient (Wildman–Crippen LogP) is 3.99. The second kappa shape index (κ2) is 10.0. The zero-order valence-electron chi connectivity index (χ0n) is 16.3. The molecular formula is C20H33ClN2O3. The molecular weight excluding hydrogens is 352 g/mol. The first-order chi connectivity index (χ1) is 11.9. The van der Waals surface area contributed by atoms with Gasteiger partial charge in [0.1, 0.15) is 0 Å². The molecule has 3 N–H and O–H groups in total. The Morgan fingerprint density at radius 3 is 2.42 bits per heavy atom. The number of methoxy groups -OCH3 is 1. The van der Waals surface area contributed by atoms with Crippen molar-refractivity contribution in [2.75, 3.05) is 13.7 Å². The summed E-state index contributed by atoms with van der Waals surface area (Å²) in [4.78, 5) is 12.6. The van der Waals surface area contributed by atoms with Crippen molar-refractivity contribution in [3.8, 4) is 11.5 Å². The summed E-state index contributed by atoms with van der Waals surface area (Å²) in [7, 11) is 1.63. The van der Waals surface area contributed by atoms with Crippen LogP contribution in [0, 0.1) is 5.92 Å². The maximum atomic E-state index is 12.6. The molecule has 0 aliphatic heterocycles. The molecule has 1 aliphatic carbocycles. The van der Waals surface area contributed by atoms with Gasteiger partial charge in [0, 0.05) is 0 Å². The fourth-order valence-electron chi connectivity index (χ4n) is 3.16. The van der Waals surface area contributed by atoms with E-state index in [9.17, 15) is 4.79 Å². The van der Waals surface area contributed by atoms with Crippen LogP contribution in [0.2, 0.25) is 0 Å². The molecule has 5 nitrogen and oxygen atoms in total. The number of rotatable bonds is 7. The van der Waals surface area contributed by atoms with E-state index >= 15 is 0 Å². The quantitative estimate of drug-likeness (QED) is 0.745. The van der Waals surface area contributed by atoms with Gasteiger partial charge in [0.15, 0.2) is 11.5 Å². The largest absolute Gasteiger partial charge is 0.493 e. The van der Waals surface area contributed by atoms with Crippen molar-refractivity contribution in [1.82, 2.24) is 5.32 Å². The highest BCUT2D eigenvalue weighted by Gasteiger charge is 2.35. The van der Waals surface area contributed by atoms with Crippen molar-refractivity contribution in [3.05, 3.63) is 23.8 Å². The summed E-state index contributed by atoms with van der Waals surface area (Å²) in [5.41, 5.74) is 6.57. The molecule has 0 aromatic heterocycles. The van der Waals surface area contributed by atoms with Gasteiger partial charge in [0.2, 0.25) is 5.91 Å². The third-order valence-corrected chi connectivity index (χ3v) is 4.81. The Balaban J connectivity index is 0.00000338. The SMILES string of the molecule is COc1cc(C(C)NC(=O)C2(N)CCCCC2)ccc1OCC(C)C.Cl. The van der Waals surface area contributed by atoms with E-state index in [-0.39, 0.29) is 24.4 Å². The number of carbonyl (C=O) groups excluding carboxylic acids is 1. The van der Waals surface area contributed by atoms with Gasteiger partial charge in [0.05, 0.1) is 25.3 Å². The average molecular weight is 385 g/mol. The van der Waals surface area contributed by atoms with Gasteiger partial charge in [-0.1, -0.05) is 39.2 Å². The van der Waals surface area contributed by atoms with Crippen molar-refractivity contribution in [3.63, 3.8) is 0 Å². The fourth-order valence-corrected chi connectivity index (χ4v) is 3.16. The molecule has 0 saturated heterocycles. The van der Waals surface area contributed by atoms with Crippen LogP contribution >= 0.6 is 12.4 Å². The van der Waals surface area contributed by atoms with Crippen molar-refractivity contribution in [2.45, 2.75) is 64.5 Å². The molecule has 2 rings (SSSR count). The number of nitrogens with one attached hydrogen (secondary N) is 1. The summed E-state index contributed by atoms with van der Waals surface area (Å²) in [6, 6.07) is 5.65. The molecule has 1 fully saturated rings. The molecule has 26 heavy (non-hydrogen) atoms. The number of halogens is 1. The van der Waals surface area contributed by atoms with Gasteiger partial charge in [-0.05, 0) is 43.4 Å². The highest BCUT2D eigenvalue weighted by molar-refractivity contribution is 5.86. The summed E-state index contributed by atoms with van der Waals surface area (Å²) in [5, 5.41) is 3.07. The summed E-state index contributed by atoms with van der Waals surface area (Å²) < 4.78 is 11.2. The van der Waals surface area contributed by atoms with Gasteiger partial charge in [0.25, 0.3) is 0 Å². The monoisotopic (exact) mass is 384 g/mol. The van der Waals surface area contributed by atoms with E-state index in [2.05, 4.69) is 19.2 Å². The smallest absolute Gasteiger partial charge is 0.240 e. The minimum atomic E-state index is -0.725. The molecule has 1 atom stereocenters. The Morgan fingerprint density at radius 2 is 1.85 bits per heavy atom. The van der Waals surface area contributed by atoms with Crippen LogP contribution in [0.3, 0.4) is 0 Å². The Kier molecular flexibility index (Phi) is 8.71. The molecule has 6 heteroatoms. The summed E-state index contributed by atoms with van der Waals surface area (Å²) >= 11 is 0. The van der Waals surface area contributed by atoms with E-state index in [1.54, 1.807) is 7.11 Å². The van der Waals surface area contributed by atoms with Crippen LogP contribution in [-0.4, -0.2) is 25.2 Å². The highest BCUT2D eigenvalue weighted by atomic mass is 35.5.